The molecule has 2 aromatic carbocycles. The molecule has 31 heavy (non-hydrogen) atoms. The molecule has 8 heteroatoms. The monoisotopic (exact) mass is 419 g/mol. The third kappa shape index (κ3) is 3.72. The van der Waals surface area contributed by atoms with Crippen LogP contribution >= 0.6 is 0 Å². The van der Waals surface area contributed by atoms with Crippen molar-refractivity contribution in [2.45, 2.75) is 19.9 Å². The third-order valence-electron chi connectivity index (χ3n) is 5.80. The van der Waals surface area contributed by atoms with Crippen LogP contribution in [0.4, 0.5) is 5.69 Å². The van der Waals surface area contributed by atoms with Gasteiger partial charge in [0.2, 0.25) is 0 Å². The molecule has 2 aromatic rings. The van der Waals surface area contributed by atoms with E-state index in [1.807, 2.05) is 25.1 Å². The minimum atomic E-state index is -0.645. The third-order valence-corrected chi connectivity index (χ3v) is 5.80. The number of hydrogen-bond donors (Lipinski definition) is 0. The van der Waals surface area contributed by atoms with Crippen molar-refractivity contribution in [1.82, 2.24) is 10.0 Å². The van der Waals surface area contributed by atoms with Crippen LogP contribution in [0.3, 0.4) is 0 Å². The van der Waals surface area contributed by atoms with Crippen molar-refractivity contribution in [3.63, 3.8) is 0 Å². The van der Waals surface area contributed by atoms with Gasteiger partial charge in [-0.15, -0.1) is 0 Å². The van der Waals surface area contributed by atoms with Crippen LogP contribution in [0.1, 0.15) is 29.3 Å². The zero-order valence-electron chi connectivity index (χ0n) is 16.9. The summed E-state index contributed by atoms with van der Waals surface area (Å²) in [5, 5.41) is 13.2. The Morgan fingerprint density at radius 1 is 1.13 bits per heavy atom. The highest BCUT2D eigenvalue weighted by molar-refractivity contribution is 6.08. The van der Waals surface area contributed by atoms with Gasteiger partial charge in [0, 0.05) is 17.7 Å². The number of rotatable bonds is 5. The standard InChI is InChI=1S/C23H21N3O5/c1-15-7-5-12-19-20(15)23(29)25(22(19)28)24(14-16-8-3-2-4-9-16)21(27)17-10-6-11-18(13-17)26(30)31/h2-11,13,15,19-20H,12,14H2,1H3/t15-,19+,20+/m1/s1. The summed E-state index contributed by atoms with van der Waals surface area (Å²) in [5.41, 5.74) is 0.519. The number of carbonyl (C=O) groups excluding carboxylic acids is 3. The fourth-order valence-electron chi connectivity index (χ4n) is 4.26. The van der Waals surface area contributed by atoms with Crippen molar-refractivity contribution >= 4 is 23.4 Å². The van der Waals surface area contributed by atoms with Gasteiger partial charge in [-0.25, -0.2) is 5.01 Å². The summed E-state index contributed by atoms with van der Waals surface area (Å²) in [7, 11) is 0. The number of imide groups is 1. The van der Waals surface area contributed by atoms with E-state index in [-0.39, 0.29) is 23.7 Å². The minimum absolute atomic E-state index is 0.0128. The van der Waals surface area contributed by atoms with Gasteiger partial charge in [0.1, 0.15) is 0 Å². The first-order valence-electron chi connectivity index (χ1n) is 10.0. The average molecular weight is 419 g/mol. The molecule has 0 unspecified atom stereocenters. The number of nitrogens with zero attached hydrogens (tertiary/aromatic N) is 3. The Balaban J connectivity index is 1.74. The van der Waals surface area contributed by atoms with Crippen LogP contribution in [0, 0.1) is 27.9 Å². The van der Waals surface area contributed by atoms with E-state index in [2.05, 4.69) is 0 Å². The fourth-order valence-corrected chi connectivity index (χ4v) is 4.26. The van der Waals surface area contributed by atoms with E-state index in [1.165, 1.54) is 18.2 Å². The predicted molar refractivity (Wildman–Crippen MR) is 111 cm³/mol. The van der Waals surface area contributed by atoms with Crippen LogP contribution in [-0.4, -0.2) is 32.7 Å². The van der Waals surface area contributed by atoms with Crippen LogP contribution in [0.15, 0.2) is 66.7 Å². The number of nitro groups is 1. The van der Waals surface area contributed by atoms with Crippen LogP contribution < -0.4 is 0 Å². The molecule has 3 atom stereocenters. The number of nitro benzene ring substituents is 1. The molecule has 0 radical (unpaired) electrons. The van der Waals surface area contributed by atoms with Gasteiger partial charge in [0.25, 0.3) is 23.4 Å². The fraction of sp³-hybridized carbons (Fsp3) is 0.261. The molecule has 1 aliphatic heterocycles. The van der Waals surface area contributed by atoms with Crippen LogP contribution in [0.25, 0.3) is 0 Å². The summed E-state index contributed by atoms with van der Waals surface area (Å²) in [6, 6.07) is 14.3. The Bertz CT molecular complexity index is 1080. The van der Waals surface area contributed by atoms with Crippen molar-refractivity contribution in [3.8, 4) is 0 Å². The van der Waals surface area contributed by atoms with Crippen LogP contribution in [0.2, 0.25) is 0 Å². The first-order valence-corrected chi connectivity index (χ1v) is 10.0. The lowest BCUT2D eigenvalue weighted by molar-refractivity contribution is -0.384. The molecule has 0 saturated carbocycles. The van der Waals surface area contributed by atoms with E-state index in [0.29, 0.717) is 6.42 Å². The molecule has 0 bridgehead atoms. The molecule has 1 heterocycles. The first-order chi connectivity index (χ1) is 14.9. The van der Waals surface area contributed by atoms with Gasteiger partial charge >= 0.3 is 0 Å². The maximum absolute atomic E-state index is 13.4. The molecule has 4 rings (SSSR count). The van der Waals surface area contributed by atoms with Gasteiger partial charge in [-0.1, -0.05) is 55.5 Å². The van der Waals surface area contributed by atoms with Crippen LogP contribution in [0.5, 0.6) is 0 Å². The van der Waals surface area contributed by atoms with E-state index >= 15 is 0 Å². The van der Waals surface area contributed by atoms with Crippen molar-refractivity contribution in [2.75, 3.05) is 0 Å². The number of allylic oxidation sites excluding steroid dienone is 2. The average Bonchev–Trinajstić information content (AvgIpc) is 3.03. The number of non-ortho nitro benzene ring substituents is 1. The molecule has 2 aliphatic rings. The largest absolute Gasteiger partial charge is 0.273 e. The summed E-state index contributed by atoms with van der Waals surface area (Å²) in [6.45, 7) is 1.87. The quantitative estimate of drug-likeness (QED) is 0.320. The maximum Gasteiger partial charge on any atom is 0.273 e. The number of carbonyl (C=O) groups is 3. The highest BCUT2D eigenvalue weighted by Crippen LogP contribution is 2.39. The minimum Gasteiger partial charge on any atom is -0.272 e. The number of amides is 3. The van der Waals surface area contributed by atoms with Gasteiger partial charge in [0.15, 0.2) is 0 Å². The number of hydrazine groups is 1. The predicted octanol–water partition coefficient (Wildman–Crippen LogP) is 3.35. The molecule has 8 nitrogen and oxygen atoms in total. The van der Waals surface area contributed by atoms with Gasteiger partial charge in [-0.2, -0.15) is 5.01 Å². The molecule has 1 aliphatic carbocycles. The summed E-state index contributed by atoms with van der Waals surface area (Å²) >= 11 is 0. The highest BCUT2D eigenvalue weighted by Gasteiger charge is 2.53. The molecule has 158 valence electrons. The lowest BCUT2D eigenvalue weighted by atomic mass is 9.78. The Hall–Kier alpha value is -3.81. The van der Waals surface area contributed by atoms with E-state index in [4.69, 9.17) is 0 Å². The summed E-state index contributed by atoms with van der Waals surface area (Å²) in [6.07, 6.45) is 4.25. The van der Waals surface area contributed by atoms with Crippen molar-refractivity contribution in [1.29, 1.82) is 0 Å². The second-order valence-corrected chi connectivity index (χ2v) is 7.80. The van der Waals surface area contributed by atoms with Crippen LogP contribution in [-0.2, 0) is 16.1 Å². The number of hydrogen-bond acceptors (Lipinski definition) is 5. The Morgan fingerprint density at radius 3 is 2.55 bits per heavy atom. The van der Waals surface area contributed by atoms with E-state index in [9.17, 15) is 24.5 Å². The molecule has 1 saturated heterocycles. The van der Waals surface area contributed by atoms with E-state index < -0.39 is 34.5 Å². The maximum atomic E-state index is 13.4. The van der Waals surface area contributed by atoms with Crippen molar-refractivity contribution < 1.29 is 19.3 Å². The lowest BCUT2D eigenvalue weighted by Crippen LogP contribution is -2.50. The summed E-state index contributed by atoms with van der Waals surface area (Å²) < 4.78 is 0. The summed E-state index contributed by atoms with van der Waals surface area (Å²) in [4.78, 5) is 50.5. The molecule has 1 fully saturated rings. The second kappa shape index (κ2) is 8.14. The normalized spacial score (nSPS) is 22.4. The Kier molecular flexibility index (Phi) is 5.37. The van der Waals surface area contributed by atoms with Crippen molar-refractivity contribution in [3.05, 3.63) is 88.0 Å². The first kappa shape index (κ1) is 20.5. The smallest absolute Gasteiger partial charge is 0.272 e. The number of fused-ring (bicyclic) bond motifs is 1. The molecular weight excluding hydrogens is 398 g/mol. The number of benzene rings is 2. The zero-order chi connectivity index (χ0) is 22.1. The zero-order valence-corrected chi connectivity index (χ0v) is 16.9. The molecule has 0 N–H and O–H groups in total. The van der Waals surface area contributed by atoms with E-state index in [1.54, 1.807) is 24.3 Å². The van der Waals surface area contributed by atoms with Gasteiger partial charge < -0.3 is 0 Å². The van der Waals surface area contributed by atoms with Gasteiger partial charge in [-0.3, -0.25) is 24.5 Å². The SMILES string of the molecule is C[C@@H]1C=CC[C@@H]2C(=O)N(N(Cc3ccccc3)C(=O)c3cccc([N+](=O)[O-])c3)C(=O)[C@@H]12. The van der Waals surface area contributed by atoms with E-state index in [0.717, 1.165) is 21.6 Å². The molecular formula is C23H21N3O5. The van der Waals surface area contributed by atoms with Gasteiger partial charge in [-0.05, 0) is 24.0 Å². The Labute approximate surface area is 178 Å². The molecule has 0 aromatic heterocycles. The second-order valence-electron chi connectivity index (χ2n) is 7.80. The topological polar surface area (TPSA) is 101 Å². The lowest BCUT2D eigenvalue weighted by Gasteiger charge is -2.30. The summed E-state index contributed by atoms with van der Waals surface area (Å²) in [5.74, 6) is -2.62. The highest BCUT2D eigenvalue weighted by atomic mass is 16.6. The Morgan fingerprint density at radius 2 is 1.87 bits per heavy atom. The molecule has 0 spiro atoms. The van der Waals surface area contributed by atoms with Gasteiger partial charge in [0.05, 0.1) is 23.3 Å². The molecule has 3 amide bonds. The van der Waals surface area contributed by atoms with Crippen molar-refractivity contribution in [2.24, 2.45) is 17.8 Å².